The Labute approximate surface area is 154 Å². The largest absolute Gasteiger partial charge is 0.493 e. The maximum atomic E-state index is 5.37. The van der Waals surface area contributed by atoms with Crippen LogP contribution in [0.15, 0.2) is 18.3 Å². The first-order chi connectivity index (χ1) is 12.7. The van der Waals surface area contributed by atoms with Gasteiger partial charge < -0.3 is 24.4 Å². The topological polar surface area (TPSA) is 81.6 Å². The summed E-state index contributed by atoms with van der Waals surface area (Å²) >= 11 is 0. The van der Waals surface area contributed by atoms with Crippen molar-refractivity contribution in [3.63, 3.8) is 0 Å². The van der Waals surface area contributed by atoms with Crippen LogP contribution in [0.1, 0.15) is 26.7 Å². The van der Waals surface area contributed by atoms with Gasteiger partial charge in [-0.2, -0.15) is 10.1 Å². The van der Waals surface area contributed by atoms with Gasteiger partial charge in [-0.3, -0.25) is 0 Å². The normalized spacial score (nSPS) is 10.3. The molecule has 0 unspecified atom stereocenters. The second-order valence-corrected chi connectivity index (χ2v) is 5.66. The molecule has 8 heteroatoms. The average Bonchev–Trinajstić information content (AvgIpc) is 2.67. The van der Waals surface area contributed by atoms with Gasteiger partial charge in [-0.1, -0.05) is 13.8 Å². The van der Waals surface area contributed by atoms with Gasteiger partial charge in [-0.15, -0.1) is 5.10 Å². The van der Waals surface area contributed by atoms with Crippen molar-refractivity contribution in [3.8, 4) is 17.2 Å². The molecule has 1 N–H and O–H groups in total. The summed E-state index contributed by atoms with van der Waals surface area (Å²) in [6, 6.07) is 3.60. The Kier molecular flexibility index (Phi) is 7.25. The molecule has 1 aromatic carbocycles. The van der Waals surface area contributed by atoms with Crippen molar-refractivity contribution in [1.82, 2.24) is 15.2 Å². The Morgan fingerprint density at radius 2 is 1.58 bits per heavy atom. The molecule has 1 aromatic heterocycles. The van der Waals surface area contributed by atoms with Gasteiger partial charge in [0.1, 0.15) is 0 Å². The maximum Gasteiger partial charge on any atom is 0.249 e. The maximum absolute atomic E-state index is 5.37. The van der Waals surface area contributed by atoms with Crippen molar-refractivity contribution in [3.05, 3.63) is 18.3 Å². The summed E-state index contributed by atoms with van der Waals surface area (Å²) in [6.45, 7) is 6.14. The lowest BCUT2D eigenvalue weighted by Gasteiger charge is -2.22. The van der Waals surface area contributed by atoms with Crippen LogP contribution in [-0.4, -0.2) is 49.6 Å². The summed E-state index contributed by atoms with van der Waals surface area (Å²) in [4.78, 5) is 6.79. The second-order valence-electron chi connectivity index (χ2n) is 5.66. The molecule has 0 fully saturated rings. The quantitative estimate of drug-likeness (QED) is 0.690. The van der Waals surface area contributed by atoms with Gasteiger partial charge in [0.05, 0.1) is 27.5 Å². The minimum absolute atomic E-state index is 0.411. The smallest absolute Gasteiger partial charge is 0.249 e. The SMILES string of the molecule is CCCN(CCC)c1cnnc(Nc2cc(OC)c(OC)c(OC)c2)n1. The van der Waals surface area contributed by atoms with E-state index >= 15 is 0 Å². The lowest BCUT2D eigenvalue weighted by Crippen LogP contribution is -2.26. The fraction of sp³-hybridized carbons (Fsp3) is 0.500. The van der Waals surface area contributed by atoms with E-state index < -0.39 is 0 Å². The summed E-state index contributed by atoms with van der Waals surface area (Å²) in [6.07, 6.45) is 3.77. The van der Waals surface area contributed by atoms with E-state index in [9.17, 15) is 0 Å². The number of anilines is 3. The number of methoxy groups -OCH3 is 3. The zero-order valence-electron chi connectivity index (χ0n) is 16.1. The Hall–Kier alpha value is -2.77. The fourth-order valence-corrected chi connectivity index (χ4v) is 2.66. The molecule has 0 atom stereocenters. The number of hydrogen-bond acceptors (Lipinski definition) is 8. The van der Waals surface area contributed by atoms with Crippen molar-refractivity contribution in [2.45, 2.75) is 26.7 Å². The summed E-state index contributed by atoms with van der Waals surface area (Å²) < 4.78 is 16.1. The molecule has 142 valence electrons. The highest BCUT2D eigenvalue weighted by atomic mass is 16.5. The Balaban J connectivity index is 2.29. The molecule has 0 saturated carbocycles. The minimum atomic E-state index is 0.411. The predicted molar refractivity (Wildman–Crippen MR) is 102 cm³/mol. The predicted octanol–water partition coefficient (Wildman–Crippen LogP) is 3.27. The van der Waals surface area contributed by atoms with Gasteiger partial charge in [0.2, 0.25) is 11.7 Å². The van der Waals surface area contributed by atoms with Crippen molar-refractivity contribution in [2.24, 2.45) is 0 Å². The van der Waals surface area contributed by atoms with Crippen molar-refractivity contribution in [2.75, 3.05) is 44.6 Å². The molecule has 0 aliphatic carbocycles. The average molecular weight is 361 g/mol. The number of benzene rings is 1. The molecule has 0 aliphatic rings. The lowest BCUT2D eigenvalue weighted by atomic mass is 10.2. The third-order valence-corrected chi connectivity index (χ3v) is 3.78. The summed E-state index contributed by atoms with van der Waals surface area (Å²) in [5.41, 5.74) is 0.719. The van der Waals surface area contributed by atoms with Crippen LogP contribution in [0.25, 0.3) is 0 Å². The van der Waals surface area contributed by atoms with E-state index in [1.54, 1.807) is 39.7 Å². The first-order valence-electron chi connectivity index (χ1n) is 8.68. The fourth-order valence-electron chi connectivity index (χ4n) is 2.66. The molecule has 1 heterocycles. The van der Waals surface area contributed by atoms with Crippen LogP contribution in [0.2, 0.25) is 0 Å². The second kappa shape index (κ2) is 9.65. The molecule has 2 aromatic rings. The molecule has 0 amide bonds. The highest BCUT2D eigenvalue weighted by Gasteiger charge is 2.14. The zero-order chi connectivity index (χ0) is 18.9. The summed E-state index contributed by atoms with van der Waals surface area (Å²) in [7, 11) is 4.72. The van der Waals surface area contributed by atoms with Gasteiger partial charge in [0.25, 0.3) is 0 Å². The highest BCUT2D eigenvalue weighted by Crippen LogP contribution is 2.40. The Morgan fingerprint density at radius 3 is 2.08 bits per heavy atom. The summed E-state index contributed by atoms with van der Waals surface area (Å²) in [5.74, 6) is 2.85. The lowest BCUT2D eigenvalue weighted by molar-refractivity contribution is 0.324. The first-order valence-corrected chi connectivity index (χ1v) is 8.68. The summed E-state index contributed by atoms with van der Waals surface area (Å²) in [5, 5.41) is 11.3. The minimum Gasteiger partial charge on any atom is -0.493 e. The third-order valence-electron chi connectivity index (χ3n) is 3.78. The third kappa shape index (κ3) is 4.65. The van der Waals surface area contributed by atoms with Gasteiger partial charge >= 0.3 is 0 Å². The molecule has 0 radical (unpaired) electrons. The molecule has 0 bridgehead atoms. The molecule has 8 nitrogen and oxygen atoms in total. The van der Waals surface area contributed by atoms with Crippen LogP contribution in [-0.2, 0) is 0 Å². The Morgan fingerprint density at radius 1 is 0.962 bits per heavy atom. The van der Waals surface area contributed by atoms with E-state index in [1.165, 1.54) is 0 Å². The van der Waals surface area contributed by atoms with Crippen LogP contribution < -0.4 is 24.4 Å². The van der Waals surface area contributed by atoms with Crippen molar-refractivity contribution in [1.29, 1.82) is 0 Å². The number of aromatic nitrogens is 3. The molecule has 0 spiro atoms. The molecule has 2 rings (SSSR count). The first kappa shape index (κ1) is 19.6. The molecule has 0 aliphatic heterocycles. The van der Waals surface area contributed by atoms with Crippen LogP contribution in [0.4, 0.5) is 17.5 Å². The molecule has 26 heavy (non-hydrogen) atoms. The molecular formula is C18H27N5O3. The van der Waals surface area contributed by atoms with Gasteiger partial charge in [0.15, 0.2) is 17.3 Å². The number of rotatable bonds is 10. The van der Waals surface area contributed by atoms with Gasteiger partial charge in [-0.25, -0.2) is 0 Å². The number of ether oxygens (including phenoxy) is 3. The van der Waals surface area contributed by atoms with E-state index in [1.807, 2.05) is 0 Å². The number of nitrogens with one attached hydrogen (secondary N) is 1. The van der Waals surface area contributed by atoms with Crippen LogP contribution in [0.5, 0.6) is 17.2 Å². The highest BCUT2D eigenvalue weighted by molar-refractivity contribution is 5.65. The van der Waals surface area contributed by atoms with E-state index in [2.05, 4.69) is 39.2 Å². The Bertz CT molecular complexity index is 680. The zero-order valence-corrected chi connectivity index (χ0v) is 16.1. The number of hydrogen-bond donors (Lipinski definition) is 1. The van der Waals surface area contributed by atoms with Crippen molar-refractivity contribution < 1.29 is 14.2 Å². The standard InChI is InChI=1S/C18H27N5O3/c1-6-8-23(9-7-2)16-12-19-22-18(21-16)20-13-10-14(24-3)17(26-5)15(11-13)25-4/h10-12H,6-9H2,1-5H3,(H,20,21,22). The van der Waals surface area contributed by atoms with E-state index in [0.29, 0.717) is 23.2 Å². The van der Waals surface area contributed by atoms with Crippen LogP contribution in [0, 0.1) is 0 Å². The van der Waals surface area contributed by atoms with Gasteiger partial charge in [0, 0.05) is 30.9 Å². The van der Waals surface area contributed by atoms with Crippen LogP contribution in [0.3, 0.4) is 0 Å². The molecular weight excluding hydrogens is 334 g/mol. The number of nitrogens with zero attached hydrogens (tertiary/aromatic N) is 4. The van der Waals surface area contributed by atoms with E-state index in [0.717, 1.165) is 37.4 Å². The van der Waals surface area contributed by atoms with Gasteiger partial charge in [-0.05, 0) is 12.8 Å². The monoisotopic (exact) mass is 361 g/mol. The van der Waals surface area contributed by atoms with Crippen molar-refractivity contribution >= 4 is 17.5 Å². The van der Waals surface area contributed by atoms with Crippen LogP contribution >= 0.6 is 0 Å². The van der Waals surface area contributed by atoms with E-state index in [-0.39, 0.29) is 0 Å². The molecule has 0 saturated heterocycles. The van der Waals surface area contributed by atoms with E-state index in [4.69, 9.17) is 14.2 Å².